The van der Waals surface area contributed by atoms with Crippen LogP contribution < -0.4 is 4.90 Å². The summed E-state index contributed by atoms with van der Waals surface area (Å²) in [6.45, 7) is 1.94. The van der Waals surface area contributed by atoms with Gasteiger partial charge >= 0.3 is 0 Å². The van der Waals surface area contributed by atoms with Gasteiger partial charge in [-0.25, -0.2) is 0 Å². The van der Waals surface area contributed by atoms with Crippen LogP contribution in [0.15, 0.2) is 41.4 Å². The number of pyridine rings is 1. The highest BCUT2D eigenvalue weighted by Gasteiger charge is 2.47. The van der Waals surface area contributed by atoms with Gasteiger partial charge in [0.25, 0.3) is 0 Å². The van der Waals surface area contributed by atoms with Gasteiger partial charge in [0, 0.05) is 43.3 Å². The van der Waals surface area contributed by atoms with Crippen molar-refractivity contribution in [1.29, 1.82) is 0 Å². The smallest absolute Gasteiger partial charge is 0.228 e. The van der Waals surface area contributed by atoms with E-state index in [0.717, 1.165) is 25.2 Å². The zero-order valence-corrected chi connectivity index (χ0v) is 12.5. The molecule has 0 radical (unpaired) electrons. The molecular weight excluding hydrogens is 282 g/mol. The first-order valence-corrected chi connectivity index (χ1v) is 8.24. The third kappa shape index (κ3) is 2.26. The van der Waals surface area contributed by atoms with E-state index in [-0.39, 0.29) is 5.91 Å². The van der Waals surface area contributed by atoms with Crippen molar-refractivity contribution in [2.75, 3.05) is 11.4 Å². The first-order valence-electron chi connectivity index (χ1n) is 7.30. The van der Waals surface area contributed by atoms with Gasteiger partial charge in [-0.05, 0) is 29.5 Å². The van der Waals surface area contributed by atoms with E-state index < -0.39 is 0 Å². The Hall–Kier alpha value is -1.72. The summed E-state index contributed by atoms with van der Waals surface area (Å²) in [7, 11) is 0. The van der Waals surface area contributed by atoms with Crippen molar-refractivity contribution in [2.45, 2.75) is 31.5 Å². The Morgan fingerprint density at radius 3 is 3.05 bits per heavy atom. The van der Waals surface area contributed by atoms with Crippen LogP contribution >= 0.6 is 11.3 Å². The lowest BCUT2D eigenvalue weighted by atomic mass is 10.1. The average Bonchev–Trinajstić information content (AvgIpc) is 3.19. The molecule has 0 unspecified atom stereocenters. The number of likely N-dealkylation sites (tertiary alicyclic amines) is 1. The molecule has 4 heterocycles. The van der Waals surface area contributed by atoms with Gasteiger partial charge in [0.15, 0.2) is 0 Å². The van der Waals surface area contributed by atoms with Gasteiger partial charge in [-0.15, -0.1) is 0 Å². The van der Waals surface area contributed by atoms with E-state index in [2.05, 4.69) is 27.4 Å². The fraction of sp³-hybridized carbons (Fsp3) is 0.375. The number of amides is 1. The molecule has 2 aliphatic heterocycles. The fourth-order valence-corrected chi connectivity index (χ4v) is 4.21. The molecule has 2 aromatic rings. The quantitative estimate of drug-likeness (QED) is 0.874. The molecule has 4 nitrogen and oxygen atoms in total. The van der Waals surface area contributed by atoms with Crippen molar-refractivity contribution in [3.05, 3.63) is 46.9 Å². The molecule has 0 aliphatic carbocycles. The largest absolute Gasteiger partial charge is 0.307 e. The Bertz CT molecular complexity index is 628. The van der Waals surface area contributed by atoms with E-state index in [0.29, 0.717) is 18.5 Å². The fourth-order valence-electron chi connectivity index (χ4n) is 3.58. The summed E-state index contributed by atoms with van der Waals surface area (Å²) >= 11 is 1.65. The molecule has 2 aliphatic rings. The lowest BCUT2D eigenvalue weighted by Crippen LogP contribution is -2.36. The van der Waals surface area contributed by atoms with E-state index in [9.17, 15) is 4.79 Å². The predicted octanol–water partition coefficient (Wildman–Crippen LogP) is 2.52. The third-order valence-electron chi connectivity index (χ3n) is 4.50. The van der Waals surface area contributed by atoms with Crippen LogP contribution in [0, 0.1) is 0 Å². The van der Waals surface area contributed by atoms with Crippen molar-refractivity contribution in [1.82, 2.24) is 9.88 Å². The van der Waals surface area contributed by atoms with E-state index in [1.54, 1.807) is 17.5 Å². The predicted molar refractivity (Wildman–Crippen MR) is 83.3 cm³/mol. The third-order valence-corrected chi connectivity index (χ3v) is 5.17. The molecule has 0 saturated carbocycles. The van der Waals surface area contributed by atoms with Crippen LogP contribution in [0.5, 0.6) is 0 Å². The van der Waals surface area contributed by atoms with E-state index in [1.165, 1.54) is 5.56 Å². The summed E-state index contributed by atoms with van der Waals surface area (Å²) in [5, 5.41) is 4.11. The molecule has 2 aromatic heterocycles. The maximum atomic E-state index is 12.4. The molecule has 0 N–H and O–H groups in total. The number of aromatic nitrogens is 1. The number of anilines is 1. The lowest BCUT2D eigenvalue weighted by molar-refractivity contribution is -0.117. The summed E-state index contributed by atoms with van der Waals surface area (Å²) in [6.07, 6.45) is 5.42. The molecule has 0 bridgehead atoms. The Balaban J connectivity index is 1.54. The van der Waals surface area contributed by atoms with Gasteiger partial charge < -0.3 is 4.90 Å². The molecule has 1 amide bonds. The minimum Gasteiger partial charge on any atom is -0.307 e. The molecule has 2 fully saturated rings. The summed E-state index contributed by atoms with van der Waals surface area (Å²) in [5.74, 6) is 0.263. The normalized spacial score (nSPS) is 25.5. The van der Waals surface area contributed by atoms with Crippen LogP contribution in [0.4, 0.5) is 5.69 Å². The average molecular weight is 299 g/mol. The second kappa shape index (κ2) is 5.24. The molecule has 4 rings (SSSR count). The maximum Gasteiger partial charge on any atom is 0.228 e. The zero-order valence-electron chi connectivity index (χ0n) is 11.7. The molecule has 5 heteroatoms. The van der Waals surface area contributed by atoms with Crippen molar-refractivity contribution < 1.29 is 4.79 Å². The first-order chi connectivity index (χ1) is 10.3. The van der Waals surface area contributed by atoms with Gasteiger partial charge in [0.2, 0.25) is 5.91 Å². The van der Waals surface area contributed by atoms with E-state index in [4.69, 9.17) is 0 Å². The number of nitrogens with zero attached hydrogens (tertiary/aromatic N) is 3. The van der Waals surface area contributed by atoms with Crippen LogP contribution in [0.1, 0.15) is 18.4 Å². The van der Waals surface area contributed by atoms with Crippen LogP contribution in [-0.4, -0.2) is 34.4 Å². The Morgan fingerprint density at radius 1 is 1.33 bits per heavy atom. The van der Waals surface area contributed by atoms with Crippen molar-refractivity contribution in [3.63, 3.8) is 0 Å². The summed E-state index contributed by atoms with van der Waals surface area (Å²) in [4.78, 5) is 21.0. The number of thiophene rings is 1. The SMILES string of the molecule is O=C1C[C@@H]2[C@@H](CCN2Cc2cccnc2)N1c1ccsc1. The maximum absolute atomic E-state index is 12.4. The molecule has 21 heavy (non-hydrogen) atoms. The number of carbonyl (C=O) groups is 1. The first kappa shape index (κ1) is 13.0. The summed E-state index contributed by atoms with van der Waals surface area (Å²) < 4.78 is 0. The van der Waals surface area contributed by atoms with Gasteiger partial charge in [0.1, 0.15) is 0 Å². The van der Waals surface area contributed by atoms with Gasteiger partial charge in [-0.1, -0.05) is 6.07 Å². The van der Waals surface area contributed by atoms with Gasteiger partial charge in [0.05, 0.1) is 11.7 Å². The topological polar surface area (TPSA) is 36.4 Å². The molecular formula is C16H17N3OS. The minimum absolute atomic E-state index is 0.263. The standard InChI is InChI=1S/C16H17N3OS/c20-16-8-15-14(19(16)13-4-7-21-11-13)3-6-18(15)10-12-2-1-5-17-9-12/h1-2,4-5,7,9,11,14-15H,3,6,8,10H2/t14-,15-/m1/s1. The van der Waals surface area contributed by atoms with Gasteiger partial charge in [-0.2, -0.15) is 11.3 Å². The lowest BCUT2D eigenvalue weighted by Gasteiger charge is -2.24. The molecule has 2 saturated heterocycles. The van der Waals surface area contributed by atoms with Crippen LogP contribution in [-0.2, 0) is 11.3 Å². The number of hydrogen-bond acceptors (Lipinski definition) is 4. The Morgan fingerprint density at radius 2 is 2.29 bits per heavy atom. The molecule has 0 aromatic carbocycles. The van der Waals surface area contributed by atoms with Crippen LogP contribution in [0.2, 0.25) is 0 Å². The van der Waals surface area contributed by atoms with Gasteiger partial charge in [-0.3, -0.25) is 14.7 Å². The summed E-state index contributed by atoms with van der Waals surface area (Å²) in [5.41, 5.74) is 2.29. The van der Waals surface area contributed by atoms with E-state index >= 15 is 0 Å². The number of rotatable bonds is 3. The Kier molecular flexibility index (Phi) is 3.24. The molecule has 108 valence electrons. The second-order valence-corrected chi connectivity index (χ2v) is 6.48. The van der Waals surface area contributed by atoms with Crippen molar-refractivity contribution in [3.8, 4) is 0 Å². The molecule has 0 spiro atoms. The summed E-state index contributed by atoms with van der Waals surface area (Å²) in [6, 6.07) is 6.81. The van der Waals surface area contributed by atoms with Crippen molar-refractivity contribution >= 4 is 22.9 Å². The number of hydrogen-bond donors (Lipinski definition) is 0. The van der Waals surface area contributed by atoms with Crippen LogP contribution in [0.3, 0.4) is 0 Å². The highest BCUT2D eigenvalue weighted by Crippen LogP contribution is 2.37. The molecule has 2 atom stereocenters. The monoisotopic (exact) mass is 299 g/mol. The number of carbonyl (C=O) groups excluding carboxylic acids is 1. The second-order valence-electron chi connectivity index (χ2n) is 5.70. The zero-order chi connectivity index (χ0) is 14.2. The highest BCUT2D eigenvalue weighted by atomic mass is 32.1. The Labute approximate surface area is 128 Å². The highest BCUT2D eigenvalue weighted by molar-refractivity contribution is 7.08. The van der Waals surface area contributed by atoms with Crippen LogP contribution in [0.25, 0.3) is 0 Å². The van der Waals surface area contributed by atoms with E-state index in [1.807, 2.05) is 22.5 Å². The number of fused-ring (bicyclic) bond motifs is 1. The van der Waals surface area contributed by atoms with Crippen molar-refractivity contribution in [2.24, 2.45) is 0 Å². The minimum atomic E-state index is 0.263.